The van der Waals surface area contributed by atoms with Gasteiger partial charge in [0.1, 0.15) is 0 Å². The van der Waals surface area contributed by atoms with Crippen molar-refractivity contribution in [1.29, 1.82) is 0 Å². The number of rotatable bonds is 1. The van der Waals surface area contributed by atoms with Crippen molar-refractivity contribution in [2.24, 2.45) is 4.99 Å². The number of aliphatic imine (C=N–C) groups is 1. The summed E-state index contributed by atoms with van der Waals surface area (Å²) in [6, 6.07) is 14.3. The van der Waals surface area contributed by atoms with Crippen LogP contribution in [-0.2, 0) is 14.3 Å². The zero-order valence-electron chi connectivity index (χ0n) is 12.2. The van der Waals surface area contributed by atoms with Gasteiger partial charge in [-0.2, -0.15) is 0 Å². The molecule has 0 fully saturated rings. The number of cyclic esters (lactones) is 2. The minimum atomic E-state index is -0.622. The van der Waals surface area contributed by atoms with Gasteiger partial charge in [-0.15, -0.1) is 0 Å². The predicted molar refractivity (Wildman–Crippen MR) is 82.6 cm³/mol. The molecular weight excluding hydrogens is 294 g/mol. The molecule has 0 aliphatic carbocycles. The van der Waals surface area contributed by atoms with E-state index in [-0.39, 0.29) is 17.4 Å². The van der Waals surface area contributed by atoms with Crippen LogP contribution in [0, 0.1) is 6.92 Å². The van der Waals surface area contributed by atoms with E-state index in [0.29, 0.717) is 11.1 Å². The lowest BCUT2D eigenvalue weighted by molar-refractivity contribution is -0.130. The number of carbonyl (C=O) groups excluding carboxylic acids is 2. The SMILES string of the molecule is Cc1ccccc1C1=N/C(=C2/OC(=O)c3ccccc32)C(=O)O1. The van der Waals surface area contributed by atoms with Crippen molar-refractivity contribution < 1.29 is 19.1 Å². The van der Waals surface area contributed by atoms with Crippen LogP contribution in [0.1, 0.15) is 27.0 Å². The molecular formula is C18H11NO4. The molecule has 2 aromatic carbocycles. The highest BCUT2D eigenvalue weighted by molar-refractivity contribution is 6.16. The first-order chi connectivity index (χ1) is 11.1. The Labute approximate surface area is 131 Å². The second-order valence-electron chi connectivity index (χ2n) is 5.23. The summed E-state index contributed by atoms with van der Waals surface area (Å²) in [5.74, 6) is -0.742. The molecule has 2 heterocycles. The second kappa shape index (κ2) is 4.91. The summed E-state index contributed by atoms with van der Waals surface area (Å²) in [5.41, 5.74) is 2.66. The maximum atomic E-state index is 12.2. The molecule has 0 bridgehead atoms. The van der Waals surface area contributed by atoms with Crippen LogP contribution in [0.25, 0.3) is 5.76 Å². The molecule has 0 spiro atoms. The minimum Gasteiger partial charge on any atom is -0.420 e. The third kappa shape index (κ3) is 2.05. The Morgan fingerprint density at radius 2 is 1.43 bits per heavy atom. The van der Waals surface area contributed by atoms with Gasteiger partial charge in [-0.1, -0.05) is 36.4 Å². The predicted octanol–water partition coefficient (Wildman–Crippen LogP) is 2.84. The van der Waals surface area contributed by atoms with E-state index < -0.39 is 11.9 Å². The Bertz CT molecular complexity index is 924. The monoisotopic (exact) mass is 305 g/mol. The lowest BCUT2D eigenvalue weighted by atomic mass is 10.1. The van der Waals surface area contributed by atoms with Crippen LogP contribution in [0.15, 0.2) is 59.2 Å². The van der Waals surface area contributed by atoms with E-state index in [4.69, 9.17) is 9.47 Å². The number of nitrogens with zero attached hydrogens (tertiary/aromatic N) is 1. The van der Waals surface area contributed by atoms with Crippen molar-refractivity contribution in [1.82, 2.24) is 0 Å². The fourth-order valence-electron chi connectivity index (χ4n) is 2.62. The Morgan fingerprint density at radius 3 is 2.17 bits per heavy atom. The molecule has 0 atom stereocenters. The van der Waals surface area contributed by atoms with Gasteiger partial charge in [0, 0.05) is 11.1 Å². The van der Waals surface area contributed by atoms with Crippen LogP contribution in [-0.4, -0.2) is 17.8 Å². The van der Waals surface area contributed by atoms with Crippen molar-refractivity contribution in [3.63, 3.8) is 0 Å². The normalized spacial score (nSPS) is 19.3. The highest BCUT2D eigenvalue weighted by atomic mass is 16.6. The molecule has 2 aromatic rings. The van der Waals surface area contributed by atoms with Crippen molar-refractivity contribution in [2.45, 2.75) is 6.92 Å². The van der Waals surface area contributed by atoms with Gasteiger partial charge in [-0.25, -0.2) is 14.6 Å². The van der Waals surface area contributed by atoms with E-state index in [0.717, 1.165) is 11.1 Å². The standard InChI is InChI=1S/C18H11NO4/c1-10-6-2-3-7-11(10)16-19-14(18(21)23-16)15-12-8-4-5-9-13(12)17(20)22-15/h2-9H,1H3/b15-14+. The smallest absolute Gasteiger partial charge is 0.367 e. The average molecular weight is 305 g/mol. The first-order valence-corrected chi connectivity index (χ1v) is 7.08. The van der Waals surface area contributed by atoms with Crippen molar-refractivity contribution in [2.75, 3.05) is 0 Å². The Hall–Kier alpha value is -3.21. The van der Waals surface area contributed by atoms with E-state index in [1.54, 1.807) is 24.3 Å². The molecule has 0 unspecified atom stereocenters. The maximum absolute atomic E-state index is 12.2. The molecule has 2 aliphatic rings. The van der Waals surface area contributed by atoms with Crippen LogP contribution in [0.3, 0.4) is 0 Å². The first-order valence-electron chi connectivity index (χ1n) is 7.08. The molecule has 0 saturated carbocycles. The Kier molecular flexibility index (Phi) is 2.87. The second-order valence-corrected chi connectivity index (χ2v) is 5.23. The summed E-state index contributed by atoms with van der Waals surface area (Å²) >= 11 is 0. The number of carbonyl (C=O) groups is 2. The molecule has 4 rings (SSSR count). The molecule has 112 valence electrons. The highest BCUT2D eigenvalue weighted by Gasteiger charge is 2.35. The van der Waals surface area contributed by atoms with E-state index in [2.05, 4.69) is 4.99 Å². The van der Waals surface area contributed by atoms with Crippen LogP contribution in [0.4, 0.5) is 0 Å². The molecule has 2 aliphatic heterocycles. The highest BCUT2D eigenvalue weighted by Crippen LogP contribution is 2.34. The Balaban J connectivity index is 1.86. The molecule has 0 N–H and O–H groups in total. The topological polar surface area (TPSA) is 65.0 Å². The number of esters is 2. The zero-order valence-corrected chi connectivity index (χ0v) is 12.2. The van der Waals surface area contributed by atoms with Gasteiger partial charge in [-0.05, 0) is 24.6 Å². The van der Waals surface area contributed by atoms with E-state index in [9.17, 15) is 9.59 Å². The minimum absolute atomic E-state index is 0.0153. The average Bonchev–Trinajstić information content (AvgIpc) is 3.09. The summed E-state index contributed by atoms with van der Waals surface area (Å²) in [6.07, 6.45) is 0. The van der Waals surface area contributed by atoms with Crippen molar-refractivity contribution in [3.05, 3.63) is 76.5 Å². The molecule has 0 radical (unpaired) electrons. The van der Waals surface area contributed by atoms with Crippen molar-refractivity contribution in [3.8, 4) is 0 Å². The summed E-state index contributed by atoms with van der Waals surface area (Å²) in [6.45, 7) is 1.90. The van der Waals surface area contributed by atoms with Gasteiger partial charge in [0.15, 0.2) is 11.5 Å². The maximum Gasteiger partial charge on any atom is 0.367 e. The van der Waals surface area contributed by atoms with Gasteiger partial charge in [0.2, 0.25) is 5.90 Å². The van der Waals surface area contributed by atoms with Crippen molar-refractivity contribution >= 4 is 23.6 Å². The van der Waals surface area contributed by atoms with Gasteiger partial charge < -0.3 is 9.47 Å². The van der Waals surface area contributed by atoms with Crippen LogP contribution in [0.2, 0.25) is 0 Å². The largest absolute Gasteiger partial charge is 0.420 e. The van der Waals surface area contributed by atoms with E-state index in [1.165, 1.54) is 0 Å². The summed E-state index contributed by atoms with van der Waals surface area (Å²) < 4.78 is 10.5. The molecule has 0 amide bonds. The van der Waals surface area contributed by atoms with Crippen LogP contribution < -0.4 is 0 Å². The number of hydrogen-bond donors (Lipinski definition) is 0. The number of benzene rings is 2. The number of aryl methyl sites for hydroxylation is 1. The molecule has 0 aromatic heterocycles. The lowest BCUT2D eigenvalue weighted by Gasteiger charge is -2.02. The van der Waals surface area contributed by atoms with Crippen LogP contribution >= 0.6 is 0 Å². The van der Waals surface area contributed by atoms with Gasteiger partial charge in [-0.3, -0.25) is 0 Å². The molecule has 23 heavy (non-hydrogen) atoms. The number of ether oxygens (including phenoxy) is 2. The van der Waals surface area contributed by atoms with Gasteiger partial charge in [0.05, 0.1) is 5.56 Å². The van der Waals surface area contributed by atoms with Gasteiger partial charge >= 0.3 is 11.9 Å². The third-order valence-corrected chi connectivity index (χ3v) is 3.77. The quantitative estimate of drug-likeness (QED) is 0.600. The fourth-order valence-corrected chi connectivity index (χ4v) is 2.62. The molecule has 5 nitrogen and oxygen atoms in total. The number of hydrogen-bond acceptors (Lipinski definition) is 5. The lowest BCUT2D eigenvalue weighted by Crippen LogP contribution is -2.07. The van der Waals surface area contributed by atoms with E-state index in [1.807, 2.05) is 31.2 Å². The zero-order chi connectivity index (χ0) is 16.0. The Morgan fingerprint density at radius 1 is 0.783 bits per heavy atom. The number of fused-ring (bicyclic) bond motifs is 1. The van der Waals surface area contributed by atoms with Crippen LogP contribution in [0.5, 0.6) is 0 Å². The summed E-state index contributed by atoms with van der Waals surface area (Å²) in [4.78, 5) is 28.3. The molecule has 0 saturated heterocycles. The summed E-state index contributed by atoms with van der Waals surface area (Å²) in [7, 11) is 0. The summed E-state index contributed by atoms with van der Waals surface area (Å²) in [5, 5.41) is 0. The fraction of sp³-hybridized carbons (Fsp3) is 0.0556. The molecule has 5 heteroatoms. The van der Waals surface area contributed by atoms with E-state index >= 15 is 0 Å². The third-order valence-electron chi connectivity index (χ3n) is 3.77. The first kappa shape index (κ1) is 13.5. The van der Waals surface area contributed by atoms with Gasteiger partial charge in [0.25, 0.3) is 0 Å².